The van der Waals surface area contributed by atoms with E-state index in [1.165, 1.54) is 38.1 Å². The molecule has 156 valence electrons. The molecule has 1 aromatic heterocycles. The van der Waals surface area contributed by atoms with E-state index in [1.54, 1.807) is 0 Å². The van der Waals surface area contributed by atoms with Crippen LogP contribution in [-0.2, 0) is 17.8 Å². The number of pyridine rings is 1. The van der Waals surface area contributed by atoms with Gasteiger partial charge in [0.15, 0.2) is 0 Å². The molecule has 5 aromatic rings. The summed E-state index contributed by atoms with van der Waals surface area (Å²) in [6, 6.07) is 28.4. The van der Waals surface area contributed by atoms with Crippen molar-refractivity contribution in [1.29, 1.82) is 0 Å². The summed E-state index contributed by atoms with van der Waals surface area (Å²) in [7, 11) is 0. The highest BCUT2D eigenvalue weighted by molar-refractivity contribution is 6.08. The van der Waals surface area contributed by atoms with Crippen LogP contribution in [0.1, 0.15) is 41.3 Å². The van der Waals surface area contributed by atoms with Crippen molar-refractivity contribution in [2.75, 3.05) is 0 Å². The highest BCUT2D eigenvalue weighted by Crippen LogP contribution is 2.41. The lowest BCUT2D eigenvalue weighted by Crippen LogP contribution is -2.16. The molecule has 0 fully saturated rings. The summed E-state index contributed by atoms with van der Waals surface area (Å²) >= 11 is 0. The number of hydrogen-bond acceptors (Lipinski definition) is 2. The van der Waals surface area contributed by atoms with Gasteiger partial charge < -0.3 is 5.32 Å². The molecule has 0 saturated carbocycles. The maximum Gasteiger partial charge on any atom is 0.207 e. The molecule has 6 rings (SSSR count). The number of carbonyl (C=O) groups is 1. The molecule has 0 aliphatic heterocycles. The molecule has 0 radical (unpaired) electrons. The number of amides is 1. The van der Waals surface area contributed by atoms with Crippen LogP contribution in [0.2, 0.25) is 0 Å². The van der Waals surface area contributed by atoms with Gasteiger partial charge in [-0.15, -0.1) is 0 Å². The van der Waals surface area contributed by atoms with Gasteiger partial charge in [0.05, 0.1) is 12.2 Å². The lowest BCUT2D eigenvalue weighted by Gasteiger charge is -2.27. The van der Waals surface area contributed by atoms with Gasteiger partial charge in [-0.1, -0.05) is 72.8 Å². The maximum atomic E-state index is 10.9. The average Bonchev–Trinajstić information content (AvgIpc) is 2.86. The Hall–Kier alpha value is -3.72. The molecule has 0 saturated heterocycles. The maximum absolute atomic E-state index is 10.9. The van der Waals surface area contributed by atoms with Crippen molar-refractivity contribution < 1.29 is 4.79 Å². The molecule has 32 heavy (non-hydrogen) atoms. The van der Waals surface area contributed by atoms with Crippen LogP contribution >= 0.6 is 0 Å². The van der Waals surface area contributed by atoms with E-state index in [0.717, 1.165) is 42.4 Å². The van der Waals surface area contributed by atoms with Crippen LogP contribution in [-0.4, -0.2) is 11.4 Å². The number of rotatable bonds is 4. The van der Waals surface area contributed by atoms with Crippen molar-refractivity contribution in [3.63, 3.8) is 0 Å². The Kier molecular flexibility index (Phi) is 4.61. The SMILES string of the molecule is O=CNCc1nc(C2CCCc3c2ccc2c3ccc3ccccc32)cc2ccccc12. The number of aromatic nitrogens is 1. The van der Waals surface area contributed by atoms with Crippen LogP contribution in [0.3, 0.4) is 0 Å². The number of carbonyl (C=O) groups excluding carboxylic acids is 1. The predicted octanol–water partition coefficient (Wildman–Crippen LogP) is 6.26. The van der Waals surface area contributed by atoms with Crippen LogP contribution in [0, 0.1) is 0 Å². The third kappa shape index (κ3) is 3.04. The number of aryl methyl sites for hydroxylation is 1. The van der Waals surface area contributed by atoms with Gasteiger partial charge >= 0.3 is 0 Å². The van der Waals surface area contributed by atoms with Gasteiger partial charge in [0, 0.05) is 17.0 Å². The van der Waals surface area contributed by atoms with Crippen LogP contribution < -0.4 is 5.32 Å². The van der Waals surface area contributed by atoms with Gasteiger partial charge in [0.1, 0.15) is 0 Å². The normalized spacial score (nSPS) is 15.7. The Morgan fingerprint density at radius 3 is 2.50 bits per heavy atom. The highest BCUT2D eigenvalue weighted by Gasteiger charge is 2.25. The second kappa shape index (κ2) is 7.76. The number of nitrogens with zero attached hydrogens (tertiary/aromatic N) is 1. The zero-order chi connectivity index (χ0) is 21.5. The Labute approximate surface area is 187 Å². The number of nitrogens with one attached hydrogen (secondary N) is 1. The van der Waals surface area contributed by atoms with E-state index in [9.17, 15) is 4.79 Å². The van der Waals surface area contributed by atoms with Crippen molar-refractivity contribution in [2.24, 2.45) is 0 Å². The fourth-order valence-electron chi connectivity index (χ4n) is 5.46. The second-order valence-electron chi connectivity index (χ2n) is 8.67. The smallest absolute Gasteiger partial charge is 0.207 e. The number of benzene rings is 4. The zero-order valence-corrected chi connectivity index (χ0v) is 17.8. The molecular formula is C29H24N2O. The summed E-state index contributed by atoms with van der Waals surface area (Å²) in [5.74, 6) is 0.272. The standard InChI is InChI=1S/C29H24N2O/c32-18-30-17-29-22-9-4-2-7-20(22)16-28(31-29)27-11-5-10-23-25-13-12-19-6-1-3-8-21(19)24(25)14-15-26(23)27/h1-4,6-9,12-16,18,27H,5,10-11,17H2,(H,30,32). The van der Waals surface area contributed by atoms with Crippen LogP contribution in [0.25, 0.3) is 32.3 Å². The molecule has 1 heterocycles. The lowest BCUT2D eigenvalue weighted by atomic mass is 9.78. The third-order valence-electron chi connectivity index (χ3n) is 6.92. The quantitative estimate of drug-likeness (QED) is 0.278. The van der Waals surface area contributed by atoms with Gasteiger partial charge in [0.2, 0.25) is 6.41 Å². The van der Waals surface area contributed by atoms with Crippen molar-refractivity contribution >= 4 is 38.7 Å². The minimum absolute atomic E-state index is 0.272. The first-order chi connectivity index (χ1) is 15.8. The zero-order valence-electron chi connectivity index (χ0n) is 17.8. The number of hydrogen-bond donors (Lipinski definition) is 1. The Morgan fingerprint density at radius 1 is 0.844 bits per heavy atom. The molecule has 1 atom stereocenters. The summed E-state index contributed by atoms with van der Waals surface area (Å²) in [5.41, 5.74) is 4.90. The molecule has 1 unspecified atom stereocenters. The van der Waals surface area contributed by atoms with Crippen molar-refractivity contribution in [3.8, 4) is 0 Å². The minimum Gasteiger partial charge on any atom is -0.353 e. The fourth-order valence-corrected chi connectivity index (χ4v) is 5.46. The monoisotopic (exact) mass is 416 g/mol. The van der Waals surface area contributed by atoms with Crippen molar-refractivity contribution in [3.05, 3.63) is 101 Å². The molecule has 1 amide bonds. The highest BCUT2D eigenvalue weighted by atomic mass is 16.1. The van der Waals surface area contributed by atoms with E-state index >= 15 is 0 Å². The molecular weight excluding hydrogens is 392 g/mol. The average molecular weight is 417 g/mol. The third-order valence-corrected chi connectivity index (χ3v) is 6.92. The molecule has 3 heteroatoms. The van der Waals surface area contributed by atoms with E-state index in [0.29, 0.717) is 6.54 Å². The van der Waals surface area contributed by atoms with Crippen molar-refractivity contribution in [1.82, 2.24) is 10.3 Å². The van der Waals surface area contributed by atoms with E-state index in [4.69, 9.17) is 4.98 Å². The largest absolute Gasteiger partial charge is 0.353 e. The van der Waals surface area contributed by atoms with E-state index in [-0.39, 0.29) is 5.92 Å². The van der Waals surface area contributed by atoms with Gasteiger partial charge in [0.25, 0.3) is 0 Å². The van der Waals surface area contributed by atoms with E-state index < -0.39 is 0 Å². The van der Waals surface area contributed by atoms with Gasteiger partial charge in [-0.25, -0.2) is 0 Å². The Bertz CT molecular complexity index is 1490. The number of fused-ring (bicyclic) bond motifs is 6. The summed E-state index contributed by atoms with van der Waals surface area (Å²) in [6.07, 6.45) is 4.10. The predicted molar refractivity (Wildman–Crippen MR) is 131 cm³/mol. The summed E-state index contributed by atoms with van der Waals surface area (Å²) in [5, 5.41) is 10.4. The second-order valence-corrected chi connectivity index (χ2v) is 8.67. The molecule has 1 aliphatic carbocycles. The van der Waals surface area contributed by atoms with E-state index in [2.05, 4.69) is 78.1 Å². The fraction of sp³-hybridized carbons (Fsp3) is 0.172. The Balaban J connectivity index is 1.53. The van der Waals surface area contributed by atoms with Crippen LogP contribution in [0.15, 0.2) is 78.9 Å². The Morgan fingerprint density at radius 2 is 1.62 bits per heavy atom. The molecule has 1 aliphatic rings. The topological polar surface area (TPSA) is 42.0 Å². The molecule has 1 N–H and O–H groups in total. The summed E-state index contributed by atoms with van der Waals surface area (Å²) in [6.45, 7) is 0.446. The van der Waals surface area contributed by atoms with Gasteiger partial charge in [-0.2, -0.15) is 0 Å². The van der Waals surface area contributed by atoms with Gasteiger partial charge in [-0.3, -0.25) is 9.78 Å². The minimum atomic E-state index is 0.272. The summed E-state index contributed by atoms with van der Waals surface area (Å²) < 4.78 is 0. The molecule has 0 spiro atoms. The lowest BCUT2D eigenvalue weighted by molar-refractivity contribution is -0.109. The molecule has 0 bridgehead atoms. The van der Waals surface area contributed by atoms with E-state index in [1.807, 2.05) is 6.07 Å². The first-order valence-corrected chi connectivity index (χ1v) is 11.3. The molecule has 4 aromatic carbocycles. The van der Waals surface area contributed by atoms with Crippen LogP contribution in [0.4, 0.5) is 0 Å². The molecule has 3 nitrogen and oxygen atoms in total. The first-order valence-electron chi connectivity index (χ1n) is 11.3. The van der Waals surface area contributed by atoms with Gasteiger partial charge in [-0.05, 0) is 63.4 Å². The van der Waals surface area contributed by atoms with Crippen LogP contribution in [0.5, 0.6) is 0 Å². The summed E-state index contributed by atoms with van der Waals surface area (Å²) in [4.78, 5) is 16.0. The first kappa shape index (κ1) is 19.0. The van der Waals surface area contributed by atoms with Crippen molar-refractivity contribution in [2.45, 2.75) is 31.7 Å².